The predicted molar refractivity (Wildman–Crippen MR) is 121 cm³/mol. The van der Waals surface area contributed by atoms with E-state index in [-0.39, 0.29) is 11.3 Å². The number of benzene rings is 2. The maximum Gasteiger partial charge on any atom is 0.252 e. The maximum absolute atomic E-state index is 11.6. The van der Waals surface area contributed by atoms with Crippen LogP contribution in [-0.2, 0) is 0 Å². The monoisotopic (exact) mass is 440 g/mol. The highest BCUT2D eigenvalue weighted by atomic mass is 32.1. The summed E-state index contributed by atoms with van der Waals surface area (Å²) in [6.07, 6.45) is 1.69. The Balaban J connectivity index is 2.06. The molecule has 162 valence electrons. The topological polar surface area (TPSA) is 111 Å². The summed E-state index contributed by atoms with van der Waals surface area (Å²) >= 11 is 1.43. The van der Waals surface area contributed by atoms with E-state index in [0.717, 1.165) is 5.56 Å². The van der Waals surface area contributed by atoms with Crippen molar-refractivity contribution in [1.82, 2.24) is 4.68 Å². The fraction of sp³-hybridized carbons (Fsp3) is 0.227. The molecule has 9 heteroatoms. The number of methoxy groups -OCH3 is 1. The zero-order valence-corrected chi connectivity index (χ0v) is 18.3. The Bertz CT molecular complexity index is 1180. The Morgan fingerprint density at radius 2 is 2.03 bits per heavy atom. The van der Waals surface area contributed by atoms with Crippen LogP contribution in [0.4, 0.5) is 0 Å². The molecule has 0 saturated heterocycles. The van der Waals surface area contributed by atoms with Crippen molar-refractivity contribution in [2.75, 3.05) is 20.3 Å². The van der Waals surface area contributed by atoms with E-state index in [4.69, 9.17) is 15.2 Å². The molecule has 0 fully saturated rings. The second-order valence-electron chi connectivity index (χ2n) is 6.37. The average Bonchev–Trinajstić information content (AvgIpc) is 3.16. The summed E-state index contributed by atoms with van der Waals surface area (Å²) in [5.74, 6) is 0.409. The lowest BCUT2D eigenvalue weighted by atomic mass is 10.1. The predicted octanol–water partition coefficient (Wildman–Crippen LogP) is 3.23. The number of nitrogens with two attached hydrogens (primary N) is 1. The molecule has 0 saturated carbocycles. The molecule has 2 aromatic carbocycles. The highest BCUT2D eigenvalue weighted by molar-refractivity contribution is 7.07. The molecule has 0 spiro atoms. The Hall–Kier alpha value is -3.59. The Kier molecular flexibility index (Phi) is 7.09. The minimum absolute atomic E-state index is 0.0458. The lowest BCUT2D eigenvalue weighted by molar-refractivity contribution is 0.0998. The molecule has 0 radical (unpaired) electrons. The van der Waals surface area contributed by atoms with Gasteiger partial charge in [-0.3, -0.25) is 9.79 Å². The normalized spacial score (nSPS) is 11.8. The standard InChI is InChI=1S/C22H24N4O4S/c1-4-24-22-26(25-12-14-6-9-19(30-5-2)20(10-14)29-3)17(13-31-22)15-7-8-18(27)16(11-15)21(23)28/h6-13,27H,4-5H2,1-3H3,(H2,23,28). The quantitative estimate of drug-likeness (QED) is 0.524. The molecule has 3 N–H and O–H groups in total. The van der Waals surface area contributed by atoms with Crippen molar-refractivity contribution < 1.29 is 19.4 Å². The Morgan fingerprint density at radius 1 is 1.23 bits per heavy atom. The van der Waals surface area contributed by atoms with Crippen LogP contribution in [0.2, 0.25) is 0 Å². The summed E-state index contributed by atoms with van der Waals surface area (Å²) in [4.78, 5) is 16.8. The Labute approximate surface area is 183 Å². The molecule has 0 atom stereocenters. The Morgan fingerprint density at radius 3 is 2.71 bits per heavy atom. The van der Waals surface area contributed by atoms with E-state index in [1.165, 1.54) is 17.4 Å². The molecule has 1 aromatic heterocycles. The zero-order valence-electron chi connectivity index (χ0n) is 17.5. The highest BCUT2D eigenvalue weighted by Crippen LogP contribution is 2.28. The molecule has 0 aliphatic heterocycles. The van der Waals surface area contributed by atoms with Crippen molar-refractivity contribution in [2.45, 2.75) is 13.8 Å². The van der Waals surface area contributed by atoms with Gasteiger partial charge in [-0.25, -0.2) is 4.68 Å². The van der Waals surface area contributed by atoms with Crippen molar-refractivity contribution >= 4 is 23.5 Å². The molecule has 31 heavy (non-hydrogen) atoms. The van der Waals surface area contributed by atoms with Crippen LogP contribution in [0.5, 0.6) is 17.2 Å². The van der Waals surface area contributed by atoms with E-state index < -0.39 is 5.91 Å². The second kappa shape index (κ2) is 9.94. The summed E-state index contributed by atoms with van der Waals surface area (Å²) < 4.78 is 12.6. The van der Waals surface area contributed by atoms with Crippen LogP contribution in [0.25, 0.3) is 11.3 Å². The van der Waals surface area contributed by atoms with Crippen molar-refractivity contribution in [3.63, 3.8) is 0 Å². The maximum atomic E-state index is 11.6. The number of rotatable bonds is 8. The molecular formula is C22H24N4O4S. The van der Waals surface area contributed by atoms with Gasteiger partial charge in [0, 0.05) is 17.5 Å². The summed E-state index contributed by atoms with van der Waals surface area (Å²) in [6.45, 7) is 4.99. The van der Waals surface area contributed by atoms with Crippen LogP contribution >= 0.6 is 11.3 Å². The fourth-order valence-corrected chi connectivity index (χ4v) is 3.81. The average molecular weight is 441 g/mol. The minimum atomic E-state index is -0.704. The molecule has 0 aliphatic rings. The first kappa shape index (κ1) is 22.1. The molecule has 3 rings (SSSR count). The molecule has 0 bridgehead atoms. The number of phenols is 1. The minimum Gasteiger partial charge on any atom is -0.507 e. The second-order valence-corrected chi connectivity index (χ2v) is 7.21. The van der Waals surface area contributed by atoms with Gasteiger partial charge in [-0.15, -0.1) is 11.3 Å². The third-order valence-electron chi connectivity index (χ3n) is 4.35. The van der Waals surface area contributed by atoms with Crippen LogP contribution in [0.15, 0.2) is 51.9 Å². The fourth-order valence-electron chi connectivity index (χ4n) is 2.91. The molecule has 3 aromatic rings. The lowest BCUT2D eigenvalue weighted by Crippen LogP contribution is -2.13. The van der Waals surface area contributed by atoms with Crippen LogP contribution < -0.4 is 20.0 Å². The molecular weight excluding hydrogens is 416 g/mol. The third-order valence-corrected chi connectivity index (χ3v) is 5.20. The van der Waals surface area contributed by atoms with Crippen LogP contribution in [0.1, 0.15) is 29.8 Å². The van der Waals surface area contributed by atoms with Gasteiger partial charge in [0.15, 0.2) is 11.5 Å². The largest absolute Gasteiger partial charge is 0.507 e. The molecule has 0 aliphatic carbocycles. The van der Waals surface area contributed by atoms with E-state index in [9.17, 15) is 9.90 Å². The first-order chi connectivity index (χ1) is 15.0. The van der Waals surface area contributed by atoms with Crippen molar-refractivity contribution in [3.8, 4) is 28.5 Å². The van der Waals surface area contributed by atoms with Gasteiger partial charge in [0.05, 0.1) is 31.2 Å². The number of hydrogen-bond acceptors (Lipinski definition) is 7. The van der Waals surface area contributed by atoms with Gasteiger partial charge in [-0.2, -0.15) is 5.10 Å². The van der Waals surface area contributed by atoms with Crippen LogP contribution in [-0.4, -0.2) is 42.2 Å². The first-order valence-electron chi connectivity index (χ1n) is 9.67. The van der Waals surface area contributed by atoms with Crippen molar-refractivity contribution in [2.24, 2.45) is 15.8 Å². The SMILES string of the molecule is CCN=c1scc(-c2ccc(O)c(C(N)=O)c2)n1N=Cc1ccc(OCC)c(OC)c1. The number of carbonyl (C=O) groups is 1. The third kappa shape index (κ3) is 4.95. The number of amides is 1. The number of ether oxygens (including phenoxy) is 2. The summed E-state index contributed by atoms with van der Waals surface area (Å²) in [6, 6.07) is 10.2. The summed E-state index contributed by atoms with van der Waals surface area (Å²) in [7, 11) is 1.59. The number of nitrogens with zero attached hydrogens (tertiary/aromatic N) is 3. The number of thiazole rings is 1. The summed E-state index contributed by atoms with van der Waals surface area (Å²) in [5.41, 5.74) is 7.64. The van der Waals surface area contributed by atoms with Crippen molar-refractivity contribution in [1.29, 1.82) is 0 Å². The van der Waals surface area contributed by atoms with Gasteiger partial charge in [0.2, 0.25) is 4.80 Å². The van der Waals surface area contributed by atoms with E-state index in [1.807, 2.05) is 37.4 Å². The van der Waals surface area contributed by atoms with Crippen LogP contribution in [0, 0.1) is 0 Å². The van der Waals surface area contributed by atoms with Crippen molar-refractivity contribution in [3.05, 3.63) is 57.7 Å². The first-order valence-corrected chi connectivity index (χ1v) is 10.6. The number of carbonyl (C=O) groups excluding carboxylic acids is 1. The molecule has 0 unspecified atom stereocenters. The number of hydrogen-bond donors (Lipinski definition) is 2. The van der Waals surface area contributed by atoms with Gasteiger partial charge in [0.1, 0.15) is 5.75 Å². The van der Waals surface area contributed by atoms with Gasteiger partial charge in [-0.1, -0.05) is 0 Å². The zero-order chi connectivity index (χ0) is 22.4. The highest BCUT2D eigenvalue weighted by Gasteiger charge is 2.13. The van der Waals surface area contributed by atoms with E-state index in [2.05, 4.69) is 10.1 Å². The number of primary amides is 1. The van der Waals surface area contributed by atoms with E-state index in [0.29, 0.717) is 40.7 Å². The number of aromatic hydroxyl groups is 1. The van der Waals surface area contributed by atoms with Gasteiger partial charge >= 0.3 is 0 Å². The lowest BCUT2D eigenvalue weighted by Gasteiger charge is -2.09. The van der Waals surface area contributed by atoms with Gasteiger partial charge in [0.25, 0.3) is 5.91 Å². The molecule has 8 nitrogen and oxygen atoms in total. The van der Waals surface area contributed by atoms with Crippen LogP contribution in [0.3, 0.4) is 0 Å². The summed E-state index contributed by atoms with van der Waals surface area (Å²) in [5, 5.41) is 16.4. The van der Waals surface area contributed by atoms with E-state index >= 15 is 0 Å². The van der Waals surface area contributed by atoms with E-state index in [1.54, 1.807) is 30.1 Å². The molecule has 1 heterocycles. The van der Waals surface area contributed by atoms with Gasteiger partial charge in [-0.05, 0) is 55.8 Å². The smallest absolute Gasteiger partial charge is 0.252 e. The molecule has 1 amide bonds. The van der Waals surface area contributed by atoms with Gasteiger partial charge < -0.3 is 20.3 Å². The number of aromatic nitrogens is 1.